The van der Waals surface area contributed by atoms with Gasteiger partial charge in [0.15, 0.2) is 5.96 Å². The normalized spacial score (nSPS) is 16.9. The van der Waals surface area contributed by atoms with Crippen LogP contribution in [0.3, 0.4) is 0 Å². The number of hydrogen-bond acceptors (Lipinski definition) is 3. The van der Waals surface area contributed by atoms with Gasteiger partial charge in [-0.25, -0.2) is 4.98 Å². The van der Waals surface area contributed by atoms with Crippen molar-refractivity contribution in [3.63, 3.8) is 0 Å². The van der Waals surface area contributed by atoms with Gasteiger partial charge in [-0.15, -0.1) is 0 Å². The van der Waals surface area contributed by atoms with Gasteiger partial charge in [-0.05, 0) is 56.9 Å². The summed E-state index contributed by atoms with van der Waals surface area (Å²) in [5.74, 6) is 2.78. The maximum atomic E-state index is 4.61. The minimum absolute atomic E-state index is 0.809. The Morgan fingerprint density at radius 2 is 2.00 bits per heavy atom. The number of likely N-dealkylation sites (tertiary alicyclic amines) is 1. The van der Waals surface area contributed by atoms with Crippen molar-refractivity contribution >= 4 is 17.0 Å². The minimum Gasteiger partial charge on any atom is -0.356 e. The fraction of sp³-hybridized carbons (Fsp3) is 0.600. The molecular formula is C20H32N6. The highest BCUT2D eigenvalue weighted by atomic mass is 15.2. The molecule has 2 aromatic rings. The molecule has 1 aromatic carbocycles. The number of benzene rings is 1. The zero-order valence-corrected chi connectivity index (χ0v) is 16.1. The molecule has 0 aliphatic carbocycles. The molecule has 0 atom stereocenters. The van der Waals surface area contributed by atoms with Crippen LogP contribution in [-0.4, -0.2) is 60.6 Å². The Labute approximate surface area is 156 Å². The van der Waals surface area contributed by atoms with E-state index < -0.39 is 0 Å². The number of fused-ring (bicyclic) bond motifs is 1. The van der Waals surface area contributed by atoms with Crippen LogP contribution in [0.5, 0.6) is 0 Å². The summed E-state index contributed by atoms with van der Waals surface area (Å²) in [5, 5.41) is 6.78. The van der Waals surface area contributed by atoms with E-state index in [1.807, 2.05) is 25.2 Å². The summed E-state index contributed by atoms with van der Waals surface area (Å²) in [6.07, 6.45) is 4.69. The molecule has 1 aliphatic heterocycles. The Balaban J connectivity index is 1.32. The quantitative estimate of drug-likeness (QED) is 0.405. The molecule has 0 radical (unpaired) electrons. The topological polar surface area (TPSA) is 68.3 Å². The number of rotatable bonds is 7. The van der Waals surface area contributed by atoms with E-state index in [2.05, 4.69) is 43.5 Å². The first-order valence-corrected chi connectivity index (χ1v) is 9.85. The van der Waals surface area contributed by atoms with E-state index in [1.54, 1.807) is 0 Å². The Kier molecular flexibility index (Phi) is 6.89. The van der Waals surface area contributed by atoms with E-state index in [-0.39, 0.29) is 0 Å². The van der Waals surface area contributed by atoms with Gasteiger partial charge < -0.3 is 20.5 Å². The van der Waals surface area contributed by atoms with Crippen molar-refractivity contribution in [3.05, 3.63) is 30.1 Å². The van der Waals surface area contributed by atoms with E-state index in [4.69, 9.17) is 0 Å². The number of hydrogen-bond donors (Lipinski definition) is 3. The average Bonchev–Trinajstić information content (AvgIpc) is 3.08. The van der Waals surface area contributed by atoms with E-state index in [0.717, 1.165) is 54.7 Å². The third-order valence-corrected chi connectivity index (χ3v) is 5.14. The molecule has 3 N–H and O–H groups in total. The predicted octanol–water partition coefficient (Wildman–Crippen LogP) is 2.39. The summed E-state index contributed by atoms with van der Waals surface area (Å²) < 4.78 is 0. The van der Waals surface area contributed by atoms with Crippen molar-refractivity contribution in [1.29, 1.82) is 0 Å². The maximum absolute atomic E-state index is 4.61. The molecule has 0 amide bonds. The molecule has 6 nitrogen and oxygen atoms in total. The highest BCUT2D eigenvalue weighted by Crippen LogP contribution is 2.15. The van der Waals surface area contributed by atoms with E-state index in [0.29, 0.717) is 0 Å². The monoisotopic (exact) mass is 356 g/mol. The van der Waals surface area contributed by atoms with Crippen LogP contribution in [0.1, 0.15) is 32.0 Å². The summed E-state index contributed by atoms with van der Waals surface area (Å²) >= 11 is 0. The first-order chi connectivity index (χ1) is 12.7. The summed E-state index contributed by atoms with van der Waals surface area (Å²) in [5.41, 5.74) is 2.12. The fourth-order valence-corrected chi connectivity index (χ4v) is 3.44. The van der Waals surface area contributed by atoms with Gasteiger partial charge >= 0.3 is 0 Å². The van der Waals surface area contributed by atoms with Gasteiger partial charge in [-0.3, -0.25) is 4.99 Å². The average molecular weight is 357 g/mol. The van der Waals surface area contributed by atoms with Crippen LogP contribution in [0.15, 0.2) is 29.3 Å². The van der Waals surface area contributed by atoms with E-state index in [9.17, 15) is 0 Å². The minimum atomic E-state index is 0.809. The third-order valence-electron chi connectivity index (χ3n) is 5.14. The Morgan fingerprint density at radius 3 is 2.77 bits per heavy atom. The molecule has 0 saturated carbocycles. The molecule has 6 heteroatoms. The molecule has 26 heavy (non-hydrogen) atoms. The molecule has 0 bridgehead atoms. The highest BCUT2D eigenvalue weighted by molar-refractivity contribution is 5.79. The molecule has 1 aliphatic rings. The van der Waals surface area contributed by atoms with Crippen LogP contribution in [0.25, 0.3) is 11.0 Å². The first-order valence-electron chi connectivity index (χ1n) is 9.85. The van der Waals surface area contributed by atoms with Crippen LogP contribution in [0.4, 0.5) is 0 Å². The van der Waals surface area contributed by atoms with Crippen LogP contribution in [0, 0.1) is 5.92 Å². The van der Waals surface area contributed by atoms with E-state index in [1.165, 1.54) is 32.5 Å². The Hall–Kier alpha value is -2.08. The van der Waals surface area contributed by atoms with Crippen LogP contribution < -0.4 is 10.6 Å². The lowest BCUT2D eigenvalue weighted by atomic mass is 9.99. The number of piperidine rings is 1. The molecule has 1 saturated heterocycles. The van der Waals surface area contributed by atoms with Gasteiger partial charge in [0.2, 0.25) is 0 Å². The standard InChI is InChI=1S/C20H32N6/c1-16-9-14-26(15-10-16)13-5-11-22-20(21-2)23-12-8-19-24-17-6-3-4-7-18(17)25-19/h3-4,6-7,16H,5,8-15H2,1-2H3,(H,24,25)(H2,21,22,23). The number of H-pyrrole nitrogens is 1. The SMILES string of the molecule is CN=C(NCCCN1CCC(C)CC1)NCCc1nc2ccccc2[nH]1. The third kappa shape index (κ3) is 5.46. The molecule has 0 spiro atoms. The summed E-state index contributed by atoms with van der Waals surface area (Å²) in [7, 11) is 1.82. The van der Waals surface area contributed by atoms with Gasteiger partial charge in [-0.2, -0.15) is 0 Å². The molecule has 1 fully saturated rings. The van der Waals surface area contributed by atoms with Crippen molar-refractivity contribution in [3.8, 4) is 0 Å². The number of nitrogens with zero attached hydrogens (tertiary/aromatic N) is 3. The zero-order chi connectivity index (χ0) is 18.2. The number of imidazole rings is 1. The number of nitrogens with one attached hydrogen (secondary N) is 3. The van der Waals surface area contributed by atoms with Crippen molar-refractivity contribution < 1.29 is 0 Å². The number of aromatic nitrogens is 2. The fourth-order valence-electron chi connectivity index (χ4n) is 3.44. The predicted molar refractivity (Wildman–Crippen MR) is 109 cm³/mol. The largest absolute Gasteiger partial charge is 0.356 e. The lowest BCUT2D eigenvalue weighted by molar-refractivity contribution is 0.191. The maximum Gasteiger partial charge on any atom is 0.190 e. The van der Waals surface area contributed by atoms with Crippen molar-refractivity contribution in [2.24, 2.45) is 10.9 Å². The lowest BCUT2D eigenvalue weighted by Crippen LogP contribution is -2.40. The van der Waals surface area contributed by atoms with Gasteiger partial charge in [0.05, 0.1) is 11.0 Å². The molecule has 2 heterocycles. The Bertz CT molecular complexity index is 666. The Morgan fingerprint density at radius 1 is 1.23 bits per heavy atom. The van der Waals surface area contributed by atoms with Crippen molar-refractivity contribution in [2.75, 3.05) is 39.8 Å². The van der Waals surface area contributed by atoms with Crippen LogP contribution >= 0.6 is 0 Å². The number of aromatic amines is 1. The molecular weight excluding hydrogens is 324 g/mol. The smallest absolute Gasteiger partial charge is 0.190 e. The van der Waals surface area contributed by atoms with Gasteiger partial charge in [0.1, 0.15) is 5.82 Å². The number of guanidine groups is 1. The molecule has 0 unspecified atom stereocenters. The van der Waals surface area contributed by atoms with Crippen LogP contribution in [0.2, 0.25) is 0 Å². The lowest BCUT2D eigenvalue weighted by Gasteiger charge is -2.30. The van der Waals surface area contributed by atoms with Gasteiger partial charge in [0, 0.05) is 26.6 Å². The summed E-state index contributed by atoms with van der Waals surface area (Å²) in [6, 6.07) is 8.13. The number of para-hydroxylation sites is 2. The summed E-state index contributed by atoms with van der Waals surface area (Å²) in [4.78, 5) is 14.9. The highest BCUT2D eigenvalue weighted by Gasteiger charge is 2.14. The van der Waals surface area contributed by atoms with Crippen molar-refractivity contribution in [2.45, 2.75) is 32.6 Å². The second-order valence-electron chi connectivity index (χ2n) is 7.25. The number of aliphatic imine (C=N–C) groups is 1. The first kappa shape index (κ1) is 18.7. The van der Waals surface area contributed by atoms with Gasteiger partial charge in [-0.1, -0.05) is 19.1 Å². The van der Waals surface area contributed by atoms with Gasteiger partial charge in [0.25, 0.3) is 0 Å². The molecule has 1 aromatic heterocycles. The summed E-state index contributed by atoms with van der Waals surface area (Å²) in [6.45, 7) is 7.81. The van der Waals surface area contributed by atoms with Crippen molar-refractivity contribution in [1.82, 2.24) is 25.5 Å². The second-order valence-corrected chi connectivity index (χ2v) is 7.25. The van der Waals surface area contributed by atoms with Crippen LogP contribution in [-0.2, 0) is 6.42 Å². The molecule has 142 valence electrons. The second kappa shape index (κ2) is 9.57. The van der Waals surface area contributed by atoms with E-state index >= 15 is 0 Å². The zero-order valence-electron chi connectivity index (χ0n) is 16.1. The molecule has 3 rings (SSSR count).